The molecule has 1 atom stereocenters. The van der Waals surface area contributed by atoms with E-state index in [9.17, 15) is 4.79 Å². The first-order chi connectivity index (χ1) is 9.16. The number of nitrogens with one attached hydrogen (secondary N) is 2. The molecule has 1 fully saturated rings. The Morgan fingerprint density at radius 2 is 2.37 bits per heavy atom. The molecule has 1 aromatic heterocycles. The maximum Gasteiger partial charge on any atom is 0.275 e. The Morgan fingerprint density at radius 3 is 3.16 bits per heavy atom. The fraction of sp³-hybridized carbons (Fsp3) is 0.385. The summed E-state index contributed by atoms with van der Waals surface area (Å²) < 4.78 is 0.948. The normalized spacial score (nSPS) is 19.9. The maximum absolute atomic E-state index is 12.6. The van der Waals surface area contributed by atoms with Gasteiger partial charge in [0.05, 0.1) is 5.52 Å². The largest absolute Gasteiger partial charge is 0.332 e. The second-order valence-electron chi connectivity index (χ2n) is 4.81. The van der Waals surface area contributed by atoms with Gasteiger partial charge in [0, 0.05) is 35.5 Å². The lowest BCUT2D eigenvalue weighted by Crippen LogP contribution is -2.52. The number of H-pyrrole nitrogens is 1. The first-order valence-corrected chi connectivity index (χ1v) is 7.11. The molecular formula is C13H15BrN4O. The minimum Gasteiger partial charge on any atom is -0.332 e. The second kappa shape index (κ2) is 4.94. The van der Waals surface area contributed by atoms with Gasteiger partial charge in [-0.2, -0.15) is 5.10 Å². The molecule has 1 aromatic carbocycles. The van der Waals surface area contributed by atoms with Crippen LogP contribution in [-0.4, -0.2) is 46.7 Å². The Kier molecular flexibility index (Phi) is 3.28. The van der Waals surface area contributed by atoms with E-state index in [2.05, 4.69) is 38.4 Å². The van der Waals surface area contributed by atoms with Crippen LogP contribution in [0.3, 0.4) is 0 Å². The number of nitrogens with zero attached hydrogens (tertiary/aromatic N) is 2. The molecule has 2 aromatic rings. The number of carbonyl (C=O) groups excluding carboxylic acids is 1. The summed E-state index contributed by atoms with van der Waals surface area (Å²) in [5.74, 6) is -0.00153. The Bertz CT molecular complexity index is 624. The Hall–Kier alpha value is -1.40. The van der Waals surface area contributed by atoms with Crippen LogP contribution in [0.5, 0.6) is 0 Å². The van der Waals surface area contributed by atoms with Crippen LogP contribution < -0.4 is 5.32 Å². The van der Waals surface area contributed by atoms with Crippen molar-refractivity contribution in [3.05, 3.63) is 28.4 Å². The molecule has 1 aliphatic heterocycles. The van der Waals surface area contributed by atoms with Gasteiger partial charge in [0.2, 0.25) is 0 Å². The topological polar surface area (TPSA) is 61.0 Å². The highest BCUT2D eigenvalue weighted by molar-refractivity contribution is 9.10. The summed E-state index contributed by atoms with van der Waals surface area (Å²) in [6.45, 7) is 4.44. The van der Waals surface area contributed by atoms with Gasteiger partial charge < -0.3 is 10.2 Å². The third-order valence-electron chi connectivity index (χ3n) is 3.49. The first-order valence-electron chi connectivity index (χ1n) is 6.32. The van der Waals surface area contributed by atoms with Crippen molar-refractivity contribution >= 4 is 32.7 Å². The van der Waals surface area contributed by atoms with E-state index in [4.69, 9.17) is 0 Å². The zero-order valence-electron chi connectivity index (χ0n) is 10.6. The van der Waals surface area contributed by atoms with E-state index < -0.39 is 0 Å². The lowest BCUT2D eigenvalue weighted by atomic mass is 10.1. The van der Waals surface area contributed by atoms with E-state index in [0.29, 0.717) is 5.69 Å². The van der Waals surface area contributed by atoms with Crippen molar-refractivity contribution in [2.45, 2.75) is 13.0 Å². The van der Waals surface area contributed by atoms with Crippen LogP contribution in [-0.2, 0) is 0 Å². The molecule has 2 N–H and O–H groups in total. The minimum absolute atomic E-state index is 0.00153. The van der Waals surface area contributed by atoms with Crippen molar-refractivity contribution in [1.29, 1.82) is 0 Å². The standard InChI is InChI=1S/C13H15BrN4O/c1-8-7-15-4-5-18(8)13(19)12-10-6-9(14)2-3-11(10)16-17-12/h2-3,6,8,15H,4-5,7H2,1H3,(H,16,17)/t8-/m1/s1. The maximum atomic E-state index is 12.6. The smallest absolute Gasteiger partial charge is 0.275 e. The number of benzene rings is 1. The number of piperazine rings is 1. The molecule has 5 nitrogen and oxygen atoms in total. The van der Waals surface area contributed by atoms with Gasteiger partial charge in [-0.05, 0) is 25.1 Å². The molecule has 100 valence electrons. The number of rotatable bonds is 1. The van der Waals surface area contributed by atoms with E-state index in [0.717, 1.165) is 35.0 Å². The molecule has 0 saturated carbocycles. The number of aromatic nitrogens is 2. The Balaban J connectivity index is 1.99. The monoisotopic (exact) mass is 322 g/mol. The number of amides is 1. The van der Waals surface area contributed by atoms with Crippen molar-refractivity contribution in [3.8, 4) is 0 Å². The molecule has 0 unspecified atom stereocenters. The second-order valence-corrected chi connectivity index (χ2v) is 5.73. The lowest BCUT2D eigenvalue weighted by molar-refractivity contribution is 0.0651. The van der Waals surface area contributed by atoms with Gasteiger partial charge in [0.25, 0.3) is 5.91 Å². The fourth-order valence-corrected chi connectivity index (χ4v) is 2.79. The minimum atomic E-state index is -0.00153. The van der Waals surface area contributed by atoms with Crippen LogP contribution in [0.1, 0.15) is 17.4 Å². The molecule has 1 aliphatic rings. The van der Waals surface area contributed by atoms with Gasteiger partial charge in [0.15, 0.2) is 5.69 Å². The van der Waals surface area contributed by atoms with Crippen LogP contribution in [0.2, 0.25) is 0 Å². The summed E-state index contributed by atoms with van der Waals surface area (Å²) in [6.07, 6.45) is 0. The number of aromatic amines is 1. The SMILES string of the molecule is C[C@@H]1CNCCN1C(=O)c1n[nH]c2ccc(Br)cc12. The van der Waals surface area contributed by atoms with Crippen LogP contribution in [0.25, 0.3) is 10.9 Å². The first kappa shape index (κ1) is 12.6. The predicted octanol–water partition coefficient (Wildman–Crippen LogP) is 1.76. The molecule has 0 radical (unpaired) electrons. The zero-order chi connectivity index (χ0) is 13.4. The molecule has 0 bridgehead atoms. The number of fused-ring (bicyclic) bond motifs is 1. The highest BCUT2D eigenvalue weighted by Gasteiger charge is 2.26. The average molecular weight is 323 g/mol. The van der Waals surface area contributed by atoms with Crippen LogP contribution in [0.15, 0.2) is 22.7 Å². The van der Waals surface area contributed by atoms with Crippen molar-refractivity contribution in [1.82, 2.24) is 20.4 Å². The van der Waals surface area contributed by atoms with Crippen molar-refractivity contribution in [2.75, 3.05) is 19.6 Å². The Labute approximate surface area is 119 Å². The van der Waals surface area contributed by atoms with Gasteiger partial charge in [0.1, 0.15) is 0 Å². The molecule has 19 heavy (non-hydrogen) atoms. The Morgan fingerprint density at radius 1 is 1.53 bits per heavy atom. The van der Waals surface area contributed by atoms with Crippen molar-refractivity contribution in [2.24, 2.45) is 0 Å². The highest BCUT2D eigenvalue weighted by Crippen LogP contribution is 2.22. The summed E-state index contributed by atoms with van der Waals surface area (Å²) in [5, 5.41) is 11.3. The van der Waals surface area contributed by atoms with Crippen LogP contribution in [0.4, 0.5) is 0 Å². The molecule has 2 heterocycles. The van der Waals surface area contributed by atoms with E-state index in [1.807, 2.05) is 23.1 Å². The highest BCUT2D eigenvalue weighted by atomic mass is 79.9. The fourth-order valence-electron chi connectivity index (χ4n) is 2.43. The lowest BCUT2D eigenvalue weighted by Gasteiger charge is -2.33. The van der Waals surface area contributed by atoms with Gasteiger partial charge in [-0.3, -0.25) is 9.89 Å². The molecule has 6 heteroatoms. The summed E-state index contributed by atoms with van der Waals surface area (Å²) >= 11 is 3.43. The average Bonchev–Trinajstić information content (AvgIpc) is 2.81. The molecule has 1 amide bonds. The number of hydrogen-bond acceptors (Lipinski definition) is 3. The van der Waals surface area contributed by atoms with Gasteiger partial charge in [-0.25, -0.2) is 0 Å². The third kappa shape index (κ3) is 2.26. The number of hydrogen-bond donors (Lipinski definition) is 2. The molecule has 0 spiro atoms. The quantitative estimate of drug-likeness (QED) is 0.841. The van der Waals surface area contributed by atoms with E-state index in [1.165, 1.54) is 0 Å². The third-order valence-corrected chi connectivity index (χ3v) is 3.98. The number of carbonyl (C=O) groups is 1. The van der Waals surface area contributed by atoms with E-state index >= 15 is 0 Å². The molecule has 1 saturated heterocycles. The zero-order valence-corrected chi connectivity index (χ0v) is 12.2. The van der Waals surface area contributed by atoms with Crippen molar-refractivity contribution < 1.29 is 4.79 Å². The van der Waals surface area contributed by atoms with Crippen LogP contribution in [0, 0.1) is 0 Å². The predicted molar refractivity (Wildman–Crippen MR) is 77.2 cm³/mol. The summed E-state index contributed by atoms with van der Waals surface area (Å²) in [6, 6.07) is 5.98. The van der Waals surface area contributed by atoms with E-state index in [1.54, 1.807) is 0 Å². The molecular weight excluding hydrogens is 308 g/mol. The van der Waals surface area contributed by atoms with Gasteiger partial charge in [-0.1, -0.05) is 15.9 Å². The summed E-state index contributed by atoms with van der Waals surface area (Å²) in [4.78, 5) is 14.5. The molecule has 3 rings (SSSR count). The summed E-state index contributed by atoms with van der Waals surface area (Å²) in [7, 11) is 0. The van der Waals surface area contributed by atoms with Crippen LogP contribution >= 0.6 is 15.9 Å². The van der Waals surface area contributed by atoms with Gasteiger partial charge >= 0.3 is 0 Å². The summed E-state index contributed by atoms with van der Waals surface area (Å²) in [5.41, 5.74) is 1.39. The van der Waals surface area contributed by atoms with Crippen molar-refractivity contribution in [3.63, 3.8) is 0 Å². The van der Waals surface area contributed by atoms with Gasteiger partial charge in [-0.15, -0.1) is 0 Å². The van der Waals surface area contributed by atoms with E-state index in [-0.39, 0.29) is 11.9 Å². The molecule has 0 aliphatic carbocycles. The number of halogens is 1.